The van der Waals surface area contributed by atoms with Gasteiger partial charge in [0.1, 0.15) is 0 Å². The molecule has 9 rings (SSSR count). The molecule has 8 aromatic rings. The summed E-state index contributed by atoms with van der Waals surface area (Å²) in [7, 11) is 0. The van der Waals surface area contributed by atoms with Gasteiger partial charge in [0.25, 0.3) is 0 Å². The number of hydrogen-bond acceptors (Lipinski definition) is 2. The van der Waals surface area contributed by atoms with Crippen molar-refractivity contribution in [2.75, 3.05) is 0 Å². The van der Waals surface area contributed by atoms with Gasteiger partial charge in [-0.3, -0.25) is 0 Å². The van der Waals surface area contributed by atoms with E-state index in [4.69, 9.17) is 23.7 Å². The van der Waals surface area contributed by atoms with Gasteiger partial charge >= 0.3 is 0 Å². The second-order valence-electron chi connectivity index (χ2n) is 12.2. The average Bonchev–Trinajstić information content (AvgIpc) is 3.45. The summed E-state index contributed by atoms with van der Waals surface area (Å²) >= 11 is 0. The molecule has 0 saturated heterocycles. The Morgan fingerprint density at radius 3 is 1.74 bits per heavy atom. The van der Waals surface area contributed by atoms with Crippen molar-refractivity contribution in [1.29, 1.82) is 0 Å². The van der Waals surface area contributed by atoms with E-state index in [1.54, 1.807) is 0 Å². The molecule has 0 saturated carbocycles. The maximum Gasteiger partial charge on any atom is 0.161 e. The summed E-state index contributed by atoms with van der Waals surface area (Å²) in [6, 6.07) is 23.9. The Labute approximate surface area is 290 Å². The molecule has 0 atom stereocenters. The first-order valence-corrected chi connectivity index (χ1v) is 15.4. The SMILES string of the molecule is [2H]c1c(-c2c([2H])c([2H])c([2H])c([2H])c2[2H])nc(-c2ccc(-c3cccc4c3-c3cc5ccccc5cc3C4(C)C)c3ccccc23)nc1-c1c([2H])c([2H])c([2H])c([2H])c1[2H]. The first kappa shape index (κ1) is 18.3. The lowest BCUT2D eigenvalue weighted by Crippen LogP contribution is -2.14. The summed E-state index contributed by atoms with van der Waals surface area (Å²) in [5.74, 6) is -0.0291. The van der Waals surface area contributed by atoms with Gasteiger partial charge in [-0.25, -0.2) is 9.97 Å². The molecule has 1 aliphatic rings. The molecule has 0 bridgehead atoms. The van der Waals surface area contributed by atoms with Crippen molar-refractivity contribution >= 4 is 21.5 Å². The molecule has 2 nitrogen and oxygen atoms in total. The Morgan fingerprint density at radius 2 is 1.09 bits per heavy atom. The molecular formula is C45H32N2. The molecule has 0 unspecified atom stereocenters. The van der Waals surface area contributed by atoms with E-state index in [0.717, 1.165) is 33.0 Å². The zero-order chi connectivity index (χ0) is 41.1. The van der Waals surface area contributed by atoms with Gasteiger partial charge in [0.2, 0.25) is 0 Å². The maximum atomic E-state index is 9.28. The van der Waals surface area contributed by atoms with Crippen LogP contribution in [0.4, 0.5) is 0 Å². The third kappa shape index (κ3) is 4.40. The fourth-order valence-corrected chi connectivity index (χ4v) is 6.92. The van der Waals surface area contributed by atoms with Gasteiger partial charge in [-0.1, -0.05) is 147 Å². The molecule has 0 radical (unpaired) electrons. The molecule has 7 aromatic carbocycles. The largest absolute Gasteiger partial charge is 0.228 e. The van der Waals surface area contributed by atoms with Crippen molar-refractivity contribution in [1.82, 2.24) is 9.97 Å². The Hall–Kier alpha value is -5.86. The topological polar surface area (TPSA) is 25.8 Å². The highest BCUT2D eigenvalue weighted by Crippen LogP contribution is 2.54. The van der Waals surface area contributed by atoms with Gasteiger partial charge in [0.05, 0.1) is 26.5 Å². The van der Waals surface area contributed by atoms with Gasteiger partial charge in [0, 0.05) is 22.1 Å². The van der Waals surface area contributed by atoms with Crippen molar-refractivity contribution in [3.8, 4) is 56.2 Å². The van der Waals surface area contributed by atoms with Crippen LogP contribution in [0.5, 0.6) is 0 Å². The van der Waals surface area contributed by atoms with Crippen LogP contribution in [0.1, 0.15) is 40.1 Å². The number of benzene rings is 7. The minimum absolute atomic E-state index is 0.0291. The zero-order valence-electron chi connectivity index (χ0n) is 36.6. The van der Waals surface area contributed by atoms with Gasteiger partial charge < -0.3 is 0 Å². The third-order valence-electron chi connectivity index (χ3n) is 9.17. The molecule has 0 aliphatic heterocycles. The predicted molar refractivity (Wildman–Crippen MR) is 196 cm³/mol. The molecule has 0 amide bonds. The van der Waals surface area contributed by atoms with E-state index in [0.29, 0.717) is 10.9 Å². The van der Waals surface area contributed by atoms with Crippen molar-refractivity contribution in [2.24, 2.45) is 0 Å². The first-order chi connectivity index (χ1) is 27.6. The van der Waals surface area contributed by atoms with Crippen molar-refractivity contribution < 1.29 is 15.1 Å². The smallest absolute Gasteiger partial charge is 0.161 e. The zero-order valence-corrected chi connectivity index (χ0v) is 25.6. The highest BCUT2D eigenvalue weighted by molar-refractivity contribution is 6.08. The highest BCUT2D eigenvalue weighted by atomic mass is 14.9. The van der Waals surface area contributed by atoms with Gasteiger partial charge in [-0.2, -0.15) is 0 Å². The van der Waals surface area contributed by atoms with Gasteiger partial charge in [0.15, 0.2) is 5.82 Å². The Balaban J connectivity index is 1.34. The quantitative estimate of drug-likeness (QED) is 0.198. The van der Waals surface area contributed by atoms with Gasteiger partial charge in [-0.15, -0.1) is 0 Å². The third-order valence-corrected chi connectivity index (χ3v) is 9.17. The van der Waals surface area contributed by atoms with E-state index in [1.807, 2.05) is 48.5 Å². The van der Waals surface area contributed by atoms with E-state index in [-0.39, 0.29) is 33.8 Å². The van der Waals surface area contributed by atoms with Crippen LogP contribution in [0.15, 0.2) is 157 Å². The fourth-order valence-electron chi connectivity index (χ4n) is 6.92. The molecule has 1 aliphatic carbocycles. The van der Waals surface area contributed by atoms with Crippen molar-refractivity contribution in [2.45, 2.75) is 19.3 Å². The molecule has 47 heavy (non-hydrogen) atoms. The predicted octanol–water partition coefficient (Wildman–Crippen LogP) is 11.8. The van der Waals surface area contributed by atoms with E-state index in [9.17, 15) is 1.37 Å². The Bertz CT molecular complexity index is 2970. The summed E-state index contributed by atoms with van der Waals surface area (Å²) in [6.07, 6.45) is 0. The maximum absolute atomic E-state index is 9.28. The van der Waals surface area contributed by atoms with Crippen LogP contribution < -0.4 is 0 Å². The molecule has 1 aromatic heterocycles. The Morgan fingerprint density at radius 1 is 0.511 bits per heavy atom. The number of nitrogens with zero attached hydrogens (tertiary/aromatic N) is 2. The minimum atomic E-state index is -0.636. The van der Waals surface area contributed by atoms with Crippen LogP contribution in [0.25, 0.3) is 77.7 Å². The van der Waals surface area contributed by atoms with Crippen LogP contribution in [-0.2, 0) is 5.41 Å². The van der Waals surface area contributed by atoms with Crippen molar-refractivity contribution in [3.05, 3.63) is 169 Å². The van der Waals surface area contributed by atoms with Crippen molar-refractivity contribution in [3.63, 3.8) is 0 Å². The minimum Gasteiger partial charge on any atom is -0.228 e. The fraction of sp³-hybridized carbons (Fsp3) is 0.0667. The summed E-state index contributed by atoms with van der Waals surface area (Å²) in [6.45, 7) is 4.48. The van der Waals surface area contributed by atoms with Crippen LogP contribution in [0.2, 0.25) is 0 Å². The van der Waals surface area contributed by atoms with E-state index in [2.05, 4.69) is 56.3 Å². The lowest BCUT2D eigenvalue weighted by molar-refractivity contribution is 0.661. The first-order valence-electron chi connectivity index (χ1n) is 20.9. The second kappa shape index (κ2) is 10.6. The van der Waals surface area contributed by atoms with Crippen LogP contribution >= 0.6 is 0 Å². The van der Waals surface area contributed by atoms with E-state index in [1.165, 1.54) is 16.5 Å². The molecule has 0 N–H and O–H groups in total. The lowest BCUT2D eigenvalue weighted by Gasteiger charge is -2.22. The standard InChI is InChI=1S/C45H32N2/c1-45(2)39-23-13-22-36(43(39)38-26-31-18-9-10-19-32(31)27-40(38)45)35-24-25-37(34-21-12-11-20-33(34)35)44-46-41(29-14-5-3-6-15-29)28-42(47-44)30-16-7-4-8-17-30/h3-28H,1-2H3/i3D,4D,5D,6D,7D,8D,14D,15D,16D,17D,28D. The molecular weight excluding hydrogens is 569 g/mol. The summed E-state index contributed by atoms with van der Waals surface area (Å²) in [5.41, 5.74) is 5.43. The number of rotatable bonds is 4. The highest BCUT2D eigenvalue weighted by Gasteiger charge is 2.37. The summed E-state index contributed by atoms with van der Waals surface area (Å²) in [4.78, 5) is 9.45. The second-order valence-corrected chi connectivity index (χ2v) is 12.2. The molecule has 0 fully saturated rings. The van der Waals surface area contributed by atoms with Crippen LogP contribution in [0.3, 0.4) is 0 Å². The van der Waals surface area contributed by atoms with Gasteiger partial charge in [-0.05, 0) is 79.2 Å². The molecule has 0 spiro atoms. The normalized spacial score (nSPS) is 16.3. The Kier molecular flexibility index (Phi) is 4.14. The monoisotopic (exact) mass is 611 g/mol. The van der Waals surface area contributed by atoms with Crippen LogP contribution in [0, 0.1) is 0 Å². The molecule has 222 valence electrons. The number of hydrogen-bond donors (Lipinski definition) is 0. The summed E-state index contributed by atoms with van der Waals surface area (Å²) < 4.78 is 94.2. The number of fused-ring (bicyclic) bond motifs is 5. The summed E-state index contributed by atoms with van der Waals surface area (Å²) in [5, 5.41) is 3.85. The van der Waals surface area contributed by atoms with E-state index < -0.39 is 66.5 Å². The van der Waals surface area contributed by atoms with Crippen LogP contribution in [-0.4, -0.2) is 9.97 Å². The molecule has 1 heterocycles. The lowest BCUT2D eigenvalue weighted by atomic mass is 9.81. The average molecular weight is 612 g/mol. The number of aromatic nitrogens is 2. The molecule has 2 heteroatoms. The van der Waals surface area contributed by atoms with E-state index >= 15 is 0 Å².